The van der Waals surface area contributed by atoms with E-state index >= 15 is 0 Å². The van der Waals surface area contributed by atoms with E-state index in [-0.39, 0.29) is 24.2 Å². The lowest BCUT2D eigenvalue weighted by atomic mass is 10.2. The molecule has 1 aromatic carbocycles. The van der Waals surface area contributed by atoms with Gasteiger partial charge >= 0.3 is 6.03 Å². The van der Waals surface area contributed by atoms with Crippen molar-refractivity contribution in [3.8, 4) is 6.07 Å². The number of anilines is 1. The Hall–Kier alpha value is -2.17. The fourth-order valence-electron chi connectivity index (χ4n) is 2.90. The van der Waals surface area contributed by atoms with Crippen LogP contribution in [0.25, 0.3) is 0 Å². The van der Waals surface area contributed by atoms with Crippen LogP contribution in [-0.4, -0.2) is 48.3 Å². The zero-order valence-corrected chi connectivity index (χ0v) is 13.6. The van der Waals surface area contributed by atoms with Crippen LogP contribution in [0.15, 0.2) is 18.2 Å². The van der Waals surface area contributed by atoms with Gasteiger partial charge in [0.05, 0.1) is 12.2 Å². The van der Waals surface area contributed by atoms with Gasteiger partial charge in [0, 0.05) is 18.3 Å². The second-order valence-electron chi connectivity index (χ2n) is 5.91. The molecule has 1 aliphatic rings. The molecule has 1 fully saturated rings. The Bertz CT molecular complexity index is 603. The maximum absolute atomic E-state index is 13.2. The Morgan fingerprint density at radius 1 is 1.46 bits per heavy atom. The third-order valence-corrected chi connectivity index (χ3v) is 4.21. The molecule has 3 N–H and O–H groups in total. The average Bonchev–Trinajstić information content (AvgIpc) is 3.03. The maximum Gasteiger partial charge on any atom is 0.319 e. The summed E-state index contributed by atoms with van der Waals surface area (Å²) in [4.78, 5) is 14.1. The van der Waals surface area contributed by atoms with Gasteiger partial charge in [-0.2, -0.15) is 5.26 Å². The molecule has 1 aromatic rings. The molecule has 1 aliphatic heterocycles. The highest BCUT2D eigenvalue weighted by Gasteiger charge is 2.22. The van der Waals surface area contributed by atoms with Gasteiger partial charge in [-0.15, -0.1) is 0 Å². The molecular formula is C17H23FN4O2. The standard InChI is InChI=1S/C17H23FN4O2/c18-16-6-5-14(10-13(16)11-19)21-17(24)20-7-1-2-8-22-9-3-4-15(22)12-23/h5-6,10,15,23H,1-4,7-9,12H2,(H2,20,21,24)/t15-/m1/s1. The maximum atomic E-state index is 13.2. The average molecular weight is 334 g/mol. The number of halogens is 1. The number of nitriles is 1. The van der Waals surface area contributed by atoms with E-state index in [2.05, 4.69) is 15.5 Å². The highest BCUT2D eigenvalue weighted by atomic mass is 19.1. The molecule has 0 bridgehead atoms. The molecule has 2 rings (SSSR count). The fraction of sp³-hybridized carbons (Fsp3) is 0.529. The molecule has 6 nitrogen and oxygen atoms in total. The van der Waals surface area contributed by atoms with Crippen LogP contribution in [0.2, 0.25) is 0 Å². The first kappa shape index (κ1) is 18.2. The van der Waals surface area contributed by atoms with Crippen LogP contribution in [0.1, 0.15) is 31.2 Å². The van der Waals surface area contributed by atoms with Gasteiger partial charge in [0.15, 0.2) is 0 Å². The van der Waals surface area contributed by atoms with E-state index in [9.17, 15) is 14.3 Å². The number of hydrogen-bond donors (Lipinski definition) is 3. The second-order valence-corrected chi connectivity index (χ2v) is 5.91. The van der Waals surface area contributed by atoms with Crippen molar-refractivity contribution in [3.63, 3.8) is 0 Å². The van der Waals surface area contributed by atoms with E-state index in [4.69, 9.17) is 5.26 Å². The minimum absolute atomic E-state index is 0.100. The smallest absolute Gasteiger partial charge is 0.319 e. The predicted molar refractivity (Wildman–Crippen MR) is 89.1 cm³/mol. The fourth-order valence-corrected chi connectivity index (χ4v) is 2.90. The number of nitrogens with zero attached hydrogens (tertiary/aromatic N) is 2. The highest BCUT2D eigenvalue weighted by Crippen LogP contribution is 2.17. The zero-order chi connectivity index (χ0) is 17.4. The molecule has 7 heteroatoms. The number of unbranched alkanes of at least 4 members (excludes halogenated alkanes) is 1. The van der Waals surface area contributed by atoms with E-state index in [1.807, 2.05) is 0 Å². The van der Waals surface area contributed by atoms with E-state index in [0.29, 0.717) is 12.2 Å². The van der Waals surface area contributed by atoms with Gasteiger partial charge in [-0.25, -0.2) is 9.18 Å². The third-order valence-electron chi connectivity index (χ3n) is 4.21. The lowest BCUT2D eigenvalue weighted by Gasteiger charge is -2.22. The monoisotopic (exact) mass is 334 g/mol. The molecule has 24 heavy (non-hydrogen) atoms. The lowest BCUT2D eigenvalue weighted by molar-refractivity contribution is 0.157. The number of carbonyl (C=O) groups is 1. The van der Waals surface area contributed by atoms with Crippen molar-refractivity contribution >= 4 is 11.7 Å². The summed E-state index contributed by atoms with van der Waals surface area (Å²) in [5, 5.41) is 23.3. The summed E-state index contributed by atoms with van der Waals surface area (Å²) < 4.78 is 13.2. The first-order valence-electron chi connectivity index (χ1n) is 8.23. The molecule has 0 aromatic heterocycles. The van der Waals surface area contributed by atoms with Crippen LogP contribution < -0.4 is 10.6 Å². The number of hydrogen-bond acceptors (Lipinski definition) is 4. The van der Waals surface area contributed by atoms with Crippen LogP contribution in [-0.2, 0) is 0 Å². The second kappa shape index (κ2) is 9.21. The first-order chi connectivity index (χ1) is 11.6. The number of carbonyl (C=O) groups excluding carboxylic acids is 1. The summed E-state index contributed by atoms with van der Waals surface area (Å²) in [6, 6.07) is 5.52. The molecule has 2 amide bonds. The minimum atomic E-state index is -0.605. The van der Waals surface area contributed by atoms with Crippen LogP contribution in [0.4, 0.5) is 14.9 Å². The summed E-state index contributed by atoms with van der Waals surface area (Å²) in [6.45, 7) is 2.71. The van der Waals surface area contributed by atoms with Crippen molar-refractivity contribution < 1.29 is 14.3 Å². The van der Waals surface area contributed by atoms with E-state index in [1.165, 1.54) is 12.1 Å². The Kier molecular flexibility index (Phi) is 6.97. The highest BCUT2D eigenvalue weighted by molar-refractivity contribution is 5.89. The van der Waals surface area contributed by atoms with E-state index in [1.54, 1.807) is 6.07 Å². The van der Waals surface area contributed by atoms with E-state index in [0.717, 1.165) is 44.8 Å². The topological polar surface area (TPSA) is 88.4 Å². The predicted octanol–water partition coefficient (Wildman–Crippen LogP) is 2.06. The van der Waals surface area contributed by atoms with Crippen molar-refractivity contribution in [3.05, 3.63) is 29.6 Å². The van der Waals surface area contributed by atoms with Crippen molar-refractivity contribution in [2.75, 3.05) is 31.6 Å². The molecule has 0 spiro atoms. The van der Waals surface area contributed by atoms with Gasteiger partial charge in [0.2, 0.25) is 0 Å². The quantitative estimate of drug-likeness (QED) is 0.666. The van der Waals surface area contributed by atoms with Crippen molar-refractivity contribution in [1.82, 2.24) is 10.2 Å². The third kappa shape index (κ3) is 5.18. The van der Waals surface area contributed by atoms with Gasteiger partial charge in [-0.05, 0) is 57.0 Å². The molecule has 1 atom stereocenters. The Balaban J connectivity index is 1.64. The zero-order valence-electron chi connectivity index (χ0n) is 13.6. The number of benzene rings is 1. The van der Waals surface area contributed by atoms with Crippen LogP contribution in [0, 0.1) is 17.1 Å². The Labute approximate surface area is 141 Å². The SMILES string of the molecule is N#Cc1cc(NC(=O)NCCCCN2CCC[C@@H]2CO)ccc1F. The van der Waals surface area contributed by atoms with Crippen molar-refractivity contribution in [2.24, 2.45) is 0 Å². The van der Waals surface area contributed by atoms with Gasteiger partial charge in [0.1, 0.15) is 11.9 Å². The number of amides is 2. The molecule has 0 saturated carbocycles. The van der Waals surface area contributed by atoms with Gasteiger partial charge in [0.25, 0.3) is 0 Å². The number of rotatable bonds is 7. The van der Waals surface area contributed by atoms with Crippen molar-refractivity contribution in [2.45, 2.75) is 31.7 Å². The Morgan fingerprint density at radius 3 is 3.04 bits per heavy atom. The Morgan fingerprint density at radius 2 is 2.29 bits per heavy atom. The van der Waals surface area contributed by atoms with Crippen molar-refractivity contribution in [1.29, 1.82) is 5.26 Å². The summed E-state index contributed by atoms with van der Waals surface area (Å²) >= 11 is 0. The van der Waals surface area contributed by atoms with Crippen LogP contribution in [0.5, 0.6) is 0 Å². The van der Waals surface area contributed by atoms with Crippen LogP contribution in [0.3, 0.4) is 0 Å². The number of aliphatic hydroxyl groups excluding tert-OH is 1. The number of likely N-dealkylation sites (tertiary alicyclic amines) is 1. The normalized spacial score (nSPS) is 17.5. The van der Waals surface area contributed by atoms with E-state index < -0.39 is 5.82 Å². The summed E-state index contributed by atoms with van der Waals surface area (Å²) in [5.74, 6) is -0.605. The molecule has 1 heterocycles. The minimum Gasteiger partial charge on any atom is -0.395 e. The van der Waals surface area contributed by atoms with Gasteiger partial charge in [-0.3, -0.25) is 4.90 Å². The first-order valence-corrected chi connectivity index (χ1v) is 8.23. The lowest BCUT2D eigenvalue weighted by Crippen LogP contribution is -2.34. The summed E-state index contributed by atoms with van der Waals surface area (Å²) in [5.41, 5.74) is 0.283. The largest absolute Gasteiger partial charge is 0.395 e. The number of urea groups is 1. The number of aliphatic hydroxyl groups is 1. The molecule has 0 aliphatic carbocycles. The summed E-state index contributed by atoms with van der Waals surface area (Å²) in [6.07, 6.45) is 3.98. The van der Waals surface area contributed by atoms with Gasteiger partial charge in [-0.1, -0.05) is 0 Å². The summed E-state index contributed by atoms with van der Waals surface area (Å²) in [7, 11) is 0. The molecule has 1 saturated heterocycles. The van der Waals surface area contributed by atoms with Gasteiger partial charge < -0.3 is 15.7 Å². The molecule has 0 unspecified atom stereocenters. The molecule has 0 radical (unpaired) electrons. The molecule has 130 valence electrons. The molecular weight excluding hydrogens is 311 g/mol. The number of nitrogens with one attached hydrogen (secondary N) is 2. The van der Waals surface area contributed by atoms with Crippen LogP contribution >= 0.6 is 0 Å².